The quantitative estimate of drug-likeness (QED) is 0.865. The lowest BCUT2D eigenvalue weighted by atomic mass is 9.87. The van der Waals surface area contributed by atoms with Crippen molar-refractivity contribution in [1.82, 2.24) is 4.98 Å². The number of halogens is 1. The second-order valence-corrected chi connectivity index (χ2v) is 5.00. The molecular weight excluding hydrogens is 255 g/mol. The number of rotatable bonds is 3. The van der Waals surface area contributed by atoms with E-state index in [0.717, 1.165) is 25.0 Å². The van der Waals surface area contributed by atoms with Gasteiger partial charge in [-0.2, -0.15) is 4.39 Å². The van der Waals surface area contributed by atoms with Crippen LogP contribution in [0.1, 0.15) is 30.0 Å². The average molecular weight is 272 g/mol. The van der Waals surface area contributed by atoms with Crippen LogP contribution in [0.2, 0.25) is 0 Å². The number of ether oxygens (including phenoxy) is 1. The van der Waals surface area contributed by atoms with Crippen LogP contribution < -0.4 is 10.1 Å². The van der Waals surface area contributed by atoms with Crippen LogP contribution in [-0.2, 0) is 6.42 Å². The van der Waals surface area contributed by atoms with Gasteiger partial charge in [0.25, 0.3) is 0 Å². The van der Waals surface area contributed by atoms with E-state index in [4.69, 9.17) is 4.74 Å². The largest absolute Gasteiger partial charge is 0.497 e. The predicted molar refractivity (Wildman–Crippen MR) is 76.5 cm³/mol. The highest BCUT2D eigenvalue weighted by molar-refractivity contribution is 5.44. The van der Waals surface area contributed by atoms with Gasteiger partial charge in [0.1, 0.15) is 11.6 Å². The molecule has 0 saturated heterocycles. The van der Waals surface area contributed by atoms with Crippen LogP contribution in [0.3, 0.4) is 0 Å². The van der Waals surface area contributed by atoms with E-state index in [-0.39, 0.29) is 6.04 Å². The van der Waals surface area contributed by atoms with Crippen molar-refractivity contribution in [2.24, 2.45) is 0 Å². The third-order valence-corrected chi connectivity index (χ3v) is 3.70. The summed E-state index contributed by atoms with van der Waals surface area (Å²) in [5.41, 5.74) is 2.55. The van der Waals surface area contributed by atoms with E-state index in [1.165, 1.54) is 17.2 Å². The molecule has 0 fully saturated rings. The third kappa shape index (κ3) is 2.59. The molecule has 1 aromatic carbocycles. The van der Waals surface area contributed by atoms with Gasteiger partial charge in [-0.25, -0.2) is 4.98 Å². The zero-order valence-corrected chi connectivity index (χ0v) is 11.4. The van der Waals surface area contributed by atoms with Gasteiger partial charge in [0, 0.05) is 0 Å². The van der Waals surface area contributed by atoms with Crippen LogP contribution in [0.5, 0.6) is 5.75 Å². The summed E-state index contributed by atoms with van der Waals surface area (Å²) in [6, 6.07) is 11.1. The van der Waals surface area contributed by atoms with E-state index in [1.54, 1.807) is 19.2 Å². The lowest BCUT2D eigenvalue weighted by Gasteiger charge is -2.27. The fourth-order valence-electron chi connectivity index (χ4n) is 2.73. The van der Waals surface area contributed by atoms with Crippen LogP contribution in [0, 0.1) is 5.95 Å². The number of hydrogen-bond donors (Lipinski definition) is 1. The van der Waals surface area contributed by atoms with Crippen LogP contribution in [0.25, 0.3) is 0 Å². The second kappa shape index (κ2) is 5.49. The molecule has 1 aliphatic carbocycles. The van der Waals surface area contributed by atoms with Gasteiger partial charge < -0.3 is 10.1 Å². The Balaban J connectivity index is 1.86. The zero-order chi connectivity index (χ0) is 13.9. The van der Waals surface area contributed by atoms with Crippen LogP contribution in [0.15, 0.2) is 36.4 Å². The SMILES string of the molecule is COc1ccc2c(c1)CCCC2Nc1cccc(F)n1. The Hall–Kier alpha value is -2.10. The molecule has 4 heteroatoms. The summed E-state index contributed by atoms with van der Waals surface area (Å²) in [5, 5.41) is 3.32. The van der Waals surface area contributed by atoms with Crippen molar-refractivity contribution in [2.75, 3.05) is 12.4 Å². The smallest absolute Gasteiger partial charge is 0.214 e. The van der Waals surface area contributed by atoms with Gasteiger partial charge in [-0.15, -0.1) is 0 Å². The molecule has 1 aliphatic rings. The summed E-state index contributed by atoms with van der Waals surface area (Å²) in [6.07, 6.45) is 3.19. The molecule has 0 radical (unpaired) electrons. The van der Waals surface area contributed by atoms with Crippen molar-refractivity contribution in [3.05, 3.63) is 53.5 Å². The number of methoxy groups -OCH3 is 1. The minimum absolute atomic E-state index is 0.180. The first kappa shape index (κ1) is 12.9. The summed E-state index contributed by atoms with van der Waals surface area (Å²) in [5.74, 6) is 1.01. The first-order valence-corrected chi connectivity index (χ1v) is 6.82. The van der Waals surface area contributed by atoms with Crippen molar-refractivity contribution in [1.29, 1.82) is 0 Å². The van der Waals surface area contributed by atoms with Gasteiger partial charge in [0.15, 0.2) is 0 Å². The Bertz CT molecular complexity index is 615. The molecule has 1 unspecified atom stereocenters. The predicted octanol–water partition coefficient (Wildman–Crippen LogP) is 3.72. The molecule has 20 heavy (non-hydrogen) atoms. The number of aromatic nitrogens is 1. The molecular formula is C16H17FN2O. The number of nitrogens with zero attached hydrogens (tertiary/aromatic N) is 1. The number of pyridine rings is 1. The summed E-state index contributed by atoms with van der Waals surface area (Å²) < 4.78 is 18.4. The molecule has 0 saturated carbocycles. The first-order valence-electron chi connectivity index (χ1n) is 6.82. The number of benzene rings is 1. The third-order valence-electron chi connectivity index (χ3n) is 3.70. The normalized spacial score (nSPS) is 17.4. The highest BCUT2D eigenvalue weighted by Crippen LogP contribution is 2.34. The Morgan fingerprint density at radius 3 is 3.00 bits per heavy atom. The molecule has 3 rings (SSSR count). The highest BCUT2D eigenvalue weighted by atomic mass is 19.1. The van der Waals surface area contributed by atoms with Gasteiger partial charge in [0.05, 0.1) is 13.2 Å². The monoisotopic (exact) mass is 272 g/mol. The summed E-state index contributed by atoms with van der Waals surface area (Å²) >= 11 is 0. The van der Waals surface area contributed by atoms with Gasteiger partial charge in [-0.1, -0.05) is 12.1 Å². The molecule has 2 aromatic rings. The van der Waals surface area contributed by atoms with Crippen molar-refractivity contribution >= 4 is 5.82 Å². The minimum atomic E-state index is -0.458. The molecule has 0 bridgehead atoms. The summed E-state index contributed by atoms with van der Waals surface area (Å²) in [7, 11) is 1.68. The molecule has 3 nitrogen and oxygen atoms in total. The van der Waals surface area contributed by atoms with Gasteiger partial charge in [0.2, 0.25) is 5.95 Å². The molecule has 1 heterocycles. The van der Waals surface area contributed by atoms with Crippen molar-refractivity contribution in [3.8, 4) is 5.75 Å². The van der Waals surface area contributed by atoms with Gasteiger partial charge in [-0.3, -0.25) is 0 Å². The first-order chi connectivity index (χ1) is 9.76. The highest BCUT2D eigenvalue weighted by Gasteiger charge is 2.20. The van der Waals surface area contributed by atoms with E-state index in [1.807, 2.05) is 6.07 Å². The van der Waals surface area contributed by atoms with E-state index < -0.39 is 5.95 Å². The molecule has 0 aliphatic heterocycles. The fourth-order valence-corrected chi connectivity index (χ4v) is 2.73. The fraction of sp³-hybridized carbons (Fsp3) is 0.312. The lowest BCUT2D eigenvalue weighted by Crippen LogP contribution is -2.18. The number of nitrogens with one attached hydrogen (secondary N) is 1. The van der Waals surface area contributed by atoms with Gasteiger partial charge >= 0.3 is 0 Å². The number of hydrogen-bond acceptors (Lipinski definition) is 3. The standard InChI is InChI=1S/C16H17FN2O/c1-20-12-8-9-13-11(10-12)4-2-5-14(13)18-16-7-3-6-15(17)19-16/h3,6-10,14H,2,4-5H2,1H3,(H,18,19). The van der Waals surface area contributed by atoms with E-state index in [0.29, 0.717) is 5.82 Å². The topological polar surface area (TPSA) is 34.1 Å². The van der Waals surface area contributed by atoms with E-state index >= 15 is 0 Å². The van der Waals surface area contributed by atoms with E-state index in [2.05, 4.69) is 22.4 Å². The van der Waals surface area contributed by atoms with Crippen LogP contribution in [-0.4, -0.2) is 12.1 Å². The average Bonchev–Trinajstić information content (AvgIpc) is 2.47. The molecule has 0 spiro atoms. The van der Waals surface area contributed by atoms with Crippen molar-refractivity contribution in [3.63, 3.8) is 0 Å². The maximum atomic E-state index is 13.1. The Morgan fingerprint density at radius 2 is 2.20 bits per heavy atom. The number of anilines is 1. The van der Waals surface area contributed by atoms with E-state index in [9.17, 15) is 4.39 Å². The Morgan fingerprint density at radius 1 is 1.30 bits per heavy atom. The maximum Gasteiger partial charge on any atom is 0.214 e. The van der Waals surface area contributed by atoms with Crippen LogP contribution in [0.4, 0.5) is 10.2 Å². The molecule has 0 amide bonds. The number of fused-ring (bicyclic) bond motifs is 1. The second-order valence-electron chi connectivity index (χ2n) is 5.00. The maximum absolute atomic E-state index is 13.1. The molecule has 1 N–H and O–H groups in total. The summed E-state index contributed by atoms with van der Waals surface area (Å²) in [4.78, 5) is 3.87. The molecule has 104 valence electrons. The lowest BCUT2D eigenvalue weighted by molar-refractivity contribution is 0.413. The number of aryl methyl sites for hydroxylation is 1. The van der Waals surface area contributed by atoms with Crippen LogP contribution >= 0.6 is 0 Å². The van der Waals surface area contributed by atoms with Crippen molar-refractivity contribution in [2.45, 2.75) is 25.3 Å². The minimum Gasteiger partial charge on any atom is -0.497 e. The molecule has 1 aromatic heterocycles. The summed E-state index contributed by atoms with van der Waals surface area (Å²) in [6.45, 7) is 0. The zero-order valence-electron chi connectivity index (χ0n) is 11.4. The Labute approximate surface area is 117 Å². The Kier molecular flexibility index (Phi) is 3.54. The molecule has 1 atom stereocenters. The van der Waals surface area contributed by atoms with Gasteiger partial charge in [-0.05, 0) is 54.7 Å². The van der Waals surface area contributed by atoms with Crippen molar-refractivity contribution < 1.29 is 9.13 Å².